The van der Waals surface area contributed by atoms with Gasteiger partial charge < -0.3 is 4.74 Å². The Balaban J connectivity index is 3.11. The summed E-state index contributed by atoms with van der Waals surface area (Å²) in [5.41, 5.74) is 1.32. The molecule has 0 heterocycles. The van der Waals surface area contributed by atoms with E-state index < -0.39 is 27.3 Å². The van der Waals surface area contributed by atoms with Crippen molar-refractivity contribution in [3.8, 4) is 11.8 Å². The SMILES string of the molecule is COc1cc(C(C#N)C(=O)CS(C)(=O)=O)ccc1C. The fourth-order valence-electron chi connectivity index (χ4n) is 1.69. The number of hydrogen-bond donors (Lipinski definition) is 0. The highest BCUT2D eigenvalue weighted by Gasteiger charge is 2.24. The predicted molar refractivity (Wildman–Crippen MR) is 70.8 cm³/mol. The highest BCUT2D eigenvalue weighted by molar-refractivity contribution is 7.91. The molecular weight excluding hydrogens is 266 g/mol. The van der Waals surface area contributed by atoms with Crippen LogP contribution in [0.1, 0.15) is 17.0 Å². The third-order valence-corrected chi connectivity index (χ3v) is 3.43. The van der Waals surface area contributed by atoms with Crippen molar-refractivity contribution in [2.45, 2.75) is 12.8 Å². The summed E-state index contributed by atoms with van der Waals surface area (Å²) in [6.45, 7) is 1.84. The summed E-state index contributed by atoms with van der Waals surface area (Å²) in [6, 6.07) is 6.79. The van der Waals surface area contributed by atoms with Gasteiger partial charge in [-0.1, -0.05) is 12.1 Å². The van der Waals surface area contributed by atoms with Gasteiger partial charge in [0.2, 0.25) is 0 Å². The topological polar surface area (TPSA) is 84.2 Å². The first-order valence-corrected chi connectivity index (χ1v) is 7.59. The van der Waals surface area contributed by atoms with Crippen LogP contribution in [0.15, 0.2) is 18.2 Å². The first-order valence-electron chi connectivity index (χ1n) is 5.53. The molecule has 0 saturated carbocycles. The van der Waals surface area contributed by atoms with E-state index in [2.05, 4.69) is 0 Å². The van der Waals surface area contributed by atoms with E-state index >= 15 is 0 Å². The molecule has 1 aromatic carbocycles. The van der Waals surface area contributed by atoms with E-state index in [1.165, 1.54) is 7.11 Å². The Bertz CT molecular complexity index is 629. The van der Waals surface area contributed by atoms with Crippen molar-refractivity contribution < 1.29 is 17.9 Å². The number of hydrogen-bond acceptors (Lipinski definition) is 5. The largest absolute Gasteiger partial charge is 0.496 e. The lowest BCUT2D eigenvalue weighted by Crippen LogP contribution is -2.20. The van der Waals surface area contributed by atoms with Crippen LogP contribution < -0.4 is 4.74 Å². The van der Waals surface area contributed by atoms with E-state index in [1.807, 2.05) is 13.0 Å². The van der Waals surface area contributed by atoms with Crippen LogP contribution in [0.25, 0.3) is 0 Å². The monoisotopic (exact) mass is 281 g/mol. The van der Waals surface area contributed by atoms with Gasteiger partial charge in [-0.15, -0.1) is 0 Å². The van der Waals surface area contributed by atoms with Crippen LogP contribution in [0.2, 0.25) is 0 Å². The number of carbonyl (C=O) groups is 1. The number of carbonyl (C=O) groups excluding carboxylic acids is 1. The molecule has 0 aromatic heterocycles. The minimum absolute atomic E-state index is 0.443. The zero-order valence-electron chi connectivity index (χ0n) is 11.0. The zero-order chi connectivity index (χ0) is 14.6. The van der Waals surface area contributed by atoms with Crippen LogP contribution >= 0.6 is 0 Å². The molecule has 0 spiro atoms. The van der Waals surface area contributed by atoms with Crippen molar-refractivity contribution in [2.24, 2.45) is 0 Å². The highest BCUT2D eigenvalue weighted by Crippen LogP contribution is 2.25. The van der Waals surface area contributed by atoms with E-state index in [-0.39, 0.29) is 0 Å². The van der Waals surface area contributed by atoms with Crippen molar-refractivity contribution >= 4 is 15.6 Å². The highest BCUT2D eigenvalue weighted by atomic mass is 32.2. The first-order chi connectivity index (χ1) is 8.78. The van der Waals surface area contributed by atoms with Gasteiger partial charge in [-0.25, -0.2) is 8.42 Å². The maximum atomic E-state index is 11.8. The molecule has 1 aromatic rings. The predicted octanol–water partition coefficient (Wildman–Crippen LogP) is 1.22. The van der Waals surface area contributed by atoms with Gasteiger partial charge in [-0.2, -0.15) is 5.26 Å². The van der Waals surface area contributed by atoms with Gasteiger partial charge in [0.25, 0.3) is 0 Å². The summed E-state index contributed by atoms with van der Waals surface area (Å²) >= 11 is 0. The third-order valence-electron chi connectivity index (χ3n) is 2.62. The Hall–Kier alpha value is -1.87. The molecule has 0 aliphatic rings. The summed E-state index contributed by atoms with van der Waals surface area (Å²) < 4.78 is 27.4. The summed E-state index contributed by atoms with van der Waals surface area (Å²) in [5, 5.41) is 9.07. The van der Waals surface area contributed by atoms with E-state index in [1.54, 1.807) is 18.2 Å². The lowest BCUT2D eigenvalue weighted by molar-refractivity contribution is -0.116. The van der Waals surface area contributed by atoms with Crippen molar-refractivity contribution in [3.63, 3.8) is 0 Å². The van der Waals surface area contributed by atoms with Gasteiger partial charge in [0.1, 0.15) is 17.4 Å². The number of Topliss-reactive ketones (excluding diaryl/α,β-unsaturated/α-hetero) is 1. The number of aryl methyl sites for hydroxylation is 1. The molecule has 1 unspecified atom stereocenters. The number of ether oxygens (including phenoxy) is 1. The number of nitriles is 1. The Morgan fingerprint density at radius 3 is 2.58 bits per heavy atom. The second-order valence-electron chi connectivity index (χ2n) is 4.33. The minimum Gasteiger partial charge on any atom is -0.496 e. The molecule has 6 heteroatoms. The van der Waals surface area contributed by atoms with Gasteiger partial charge in [0.05, 0.1) is 13.2 Å². The zero-order valence-corrected chi connectivity index (χ0v) is 11.8. The second-order valence-corrected chi connectivity index (χ2v) is 6.47. The second kappa shape index (κ2) is 5.85. The summed E-state index contributed by atoms with van der Waals surface area (Å²) in [4.78, 5) is 11.8. The molecule has 0 amide bonds. The molecule has 0 aliphatic heterocycles. The maximum absolute atomic E-state index is 11.8. The standard InChI is InChI=1S/C13H15NO4S/c1-9-4-5-10(6-13(9)18-2)11(7-14)12(15)8-19(3,16)17/h4-6,11H,8H2,1-3H3. The molecule has 0 N–H and O–H groups in total. The number of benzene rings is 1. The van der Waals surface area contributed by atoms with Crippen LogP contribution in [-0.4, -0.2) is 33.3 Å². The summed E-state index contributed by atoms with van der Waals surface area (Å²) in [6.07, 6.45) is 0.967. The molecule has 102 valence electrons. The molecule has 0 saturated heterocycles. The smallest absolute Gasteiger partial charge is 0.169 e. The van der Waals surface area contributed by atoms with E-state index in [0.29, 0.717) is 11.3 Å². The maximum Gasteiger partial charge on any atom is 0.169 e. The van der Waals surface area contributed by atoms with Crippen LogP contribution in [-0.2, 0) is 14.6 Å². The third kappa shape index (κ3) is 4.07. The van der Waals surface area contributed by atoms with Gasteiger partial charge in [0.15, 0.2) is 15.6 Å². The molecule has 0 fully saturated rings. The quantitative estimate of drug-likeness (QED) is 0.810. The molecular formula is C13H15NO4S. The number of nitrogens with zero attached hydrogens (tertiary/aromatic N) is 1. The Labute approximate surface area is 112 Å². The molecule has 1 atom stereocenters. The lowest BCUT2D eigenvalue weighted by atomic mass is 9.95. The van der Waals surface area contributed by atoms with Crippen molar-refractivity contribution in [2.75, 3.05) is 19.1 Å². The average Bonchev–Trinajstić information content (AvgIpc) is 2.29. The first kappa shape index (κ1) is 15.2. The molecule has 19 heavy (non-hydrogen) atoms. The number of ketones is 1. The Morgan fingerprint density at radius 2 is 2.11 bits per heavy atom. The van der Waals surface area contributed by atoms with Crippen molar-refractivity contribution in [1.29, 1.82) is 5.26 Å². The molecule has 5 nitrogen and oxygen atoms in total. The lowest BCUT2D eigenvalue weighted by Gasteiger charge is -2.11. The van der Waals surface area contributed by atoms with Crippen molar-refractivity contribution in [1.82, 2.24) is 0 Å². The van der Waals surface area contributed by atoms with E-state index in [9.17, 15) is 13.2 Å². The molecule has 1 rings (SSSR count). The van der Waals surface area contributed by atoms with Gasteiger partial charge in [0, 0.05) is 6.26 Å². The van der Waals surface area contributed by atoms with Gasteiger partial charge >= 0.3 is 0 Å². The fraction of sp³-hybridized carbons (Fsp3) is 0.385. The van der Waals surface area contributed by atoms with E-state index in [0.717, 1.165) is 11.8 Å². The molecule has 0 bridgehead atoms. The normalized spacial score (nSPS) is 12.5. The molecule has 0 radical (unpaired) electrons. The number of methoxy groups -OCH3 is 1. The van der Waals surface area contributed by atoms with Gasteiger partial charge in [-0.3, -0.25) is 4.79 Å². The minimum atomic E-state index is -3.44. The number of sulfone groups is 1. The number of rotatable bonds is 5. The van der Waals surface area contributed by atoms with Crippen LogP contribution in [0, 0.1) is 18.3 Å². The summed E-state index contributed by atoms with van der Waals surface area (Å²) in [7, 11) is -1.95. The van der Waals surface area contributed by atoms with Crippen LogP contribution in [0.3, 0.4) is 0 Å². The summed E-state index contributed by atoms with van der Waals surface area (Å²) in [5.74, 6) is -1.80. The fourth-order valence-corrected chi connectivity index (χ4v) is 2.37. The average molecular weight is 281 g/mol. The van der Waals surface area contributed by atoms with Crippen LogP contribution in [0.5, 0.6) is 5.75 Å². The Morgan fingerprint density at radius 1 is 1.47 bits per heavy atom. The van der Waals surface area contributed by atoms with E-state index in [4.69, 9.17) is 10.00 Å². The van der Waals surface area contributed by atoms with Crippen molar-refractivity contribution in [3.05, 3.63) is 29.3 Å². The van der Waals surface area contributed by atoms with Gasteiger partial charge in [-0.05, 0) is 24.1 Å². The Kier molecular flexibility index (Phi) is 4.67. The molecule has 0 aliphatic carbocycles. The van der Waals surface area contributed by atoms with Crippen LogP contribution in [0.4, 0.5) is 0 Å².